The summed E-state index contributed by atoms with van der Waals surface area (Å²) >= 11 is 1.64. The van der Waals surface area contributed by atoms with Gasteiger partial charge in [0.25, 0.3) is 0 Å². The van der Waals surface area contributed by atoms with Crippen molar-refractivity contribution in [3.05, 3.63) is 144 Å². The molecule has 0 heterocycles. The Morgan fingerprint density at radius 2 is 0.929 bits per heavy atom. The predicted octanol–water partition coefficient (Wildman–Crippen LogP) is 9.67. The molecular weight excluding hydrogens is 600 g/mol. The standard InChI is InChI=1S/C23H29.C12H10Si.C5H5.Zr/c1-14-9-16-11-17-10-15(2)21(23(6,7)8)13-19(17)18(16)12-20(14)22(3,4)5;1-3-7-11(8-4-1)13-12-9-5-2-6-10-12;1-2-4-5-3-1;/h9-13H,1-8H3;1-10H;1-5H;/q-1;;-1;+2. The van der Waals surface area contributed by atoms with Gasteiger partial charge >= 0.3 is 99.8 Å². The topological polar surface area (TPSA) is 0 Å². The quantitative estimate of drug-likeness (QED) is 0.130. The van der Waals surface area contributed by atoms with Gasteiger partial charge in [0.1, 0.15) is 0 Å². The summed E-state index contributed by atoms with van der Waals surface area (Å²) in [4.78, 5) is 0. The molecule has 0 aromatic heterocycles. The zero-order valence-corrected chi connectivity index (χ0v) is 30.0. The van der Waals surface area contributed by atoms with Crippen LogP contribution in [0.5, 0.6) is 0 Å². The molecule has 0 N–H and O–H groups in total. The Morgan fingerprint density at radius 1 is 0.548 bits per heavy atom. The van der Waals surface area contributed by atoms with Crippen molar-refractivity contribution in [3.8, 4) is 0 Å². The molecule has 0 radical (unpaired) electrons. The Hall–Kier alpha value is -2.80. The fourth-order valence-corrected chi connectivity index (χ4v) is 9.49. The minimum Gasteiger partial charge on any atom is -0.214 e. The number of hydrogen-bond acceptors (Lipinski definition) is 0. The van der Waals surface area contributed by atoms with Crippen LogP contribution in [0.2, 0.25) is 0 Å². The van der Waals surface area contributed by atoms with Gasteiger partial charge < -0.3 is 0 Å². The SMILES string of the molecule is Cc1cc2[cH-]c3cc(C)c(C(C)(C)C)cc3c2cc1C(C)(C)C.[Zr+2]=[Si](c1ccccc1)c1ccccc1.c1cc[cH-]c1. The van der Waals surface area contributed by atoms with Crippen LogP contribution in [0, 0.1) is 13.8 Å². The van der Waals surface area contributed by atoms with Gasteiger partial charge in [-0.05, 0) is 24.7 Å². The van der Waals surface area contributed by atoms with E-state index in [-0.39, 0.29) is 10.8 Å². The molecule has 0 fully saturated rings. The second-order valence-corrected chi connectivity index (χ2v) is 18.8. The second kappa shape index (κ2) is 13.7. The van der Waals surface area contributed by atoms with Crippen LogP contribution in [0.4, 0.5) is 0 Å². The largest absolute Gasteiger partial charge is 0.214 e. The van der Waals surface area contributed by atoms with Crippen molar-refractivity contribution < 1.29 is 23.3 Å². The number of rotatable bonds is 2. The summed E-state index contributed by atoms with van der Waals surface area (Å²) in [6, 6.07) is 43.6. The third-order valence-electron chi connectivity index (χ3n) is 7.69. The summed E-state index contributed by atoms with van der Waals surface area (Å²) in [6.07, 6.45) is 0. The van der Waals surface area contributed by atoms with Crippen LogP contribution in [0.15, 0.2) is 121 Å². The zero-order chi connectivity index (χ0) is 30.5. The van der Waals surface area contributed by atoms with Gasteiger partial charge in [0.05, 0.1) is 0 Å². The van der Waals surface area contributed by atoms with Crippen molar-refractivity contribution in [1.29, 1.82) is 0 Å². The van der Waals surface area contributed by atoms with E-state index in [2.05, 4.69) is 146 Å². The minimum atomic E-state index is -0.455. The summed E-state index contributed by atoms with van der Waals surface area (Å²) in [5, 5.41) is 8.58. The molecule has 0 atom stereocenters. The summed E-state index contributed by atoms with van der Waals surface area (Å²) in [5.41, 5.74) is 5.61. The second-order valence-electron chi connectivity index (χ2n) is 13.2. The van der Waals surface area contributed by atoms with Gasteiger partial charge in [-0.3, -0.25) is 0 Å². The fraction of sp³-hybridized carbons (Fsp3) is 0.250. The third kappa shape index (κ3) is 7.97. The van der Waals surface area contributed by atoms with Crippen LogP contribution in [0.1, 0.15) is 63.8 Å². The molecular formula is C40H44SiZr. The van der Waals surface area contributed by atoms with E-state index in [1.165, 1.54) is 54.2 Å². The summed E-state index contributed by atoms with van der Waals surface area (Å²) in [5.74, 6) is 0. The van der Waals surface area contributed by atoms with E-state index >= 15 is 0 Å². The van der Waals surface area contributed by atoms with Gasteiger partial charge in [-0.1, -0.05) is 75.9 Å². The molecule has 0 nitrogen and oxygen atoms in total. The van der Waals surface area contributed by atoms with Crippen LogP contribution < -0.4 is 10.4 Å². The first kappa shape index (κ1) is 32.1. The smallest absolute Gasteiger partial charge is 0.172 e. The predicted molar refractivity (Wildman–Crippen MR) is 184 cm³/mol. The Labute approximate surface area is 268 Å². The molecule has 0 amide bonds. The minimum absolute atomic E-state index is 0.180. The first-order valence-electron chi connectivity index (χ1n) is 14.9. The molecule has 0 bridgehead atoms. The number of hydrogen-bond donors (Lipinski definition) is 0. The molecule has 2 heteroatoms. The maximum atomic E-state index is 2.43. The summed E-state index contributed by atoms with van der Waals surface area (Å²) < 4.78 is 0. The van der Waals surface area contributed by atoms with Crippen molar-refractivity contribution in [3.63, 3.8) is 0 Å². The van der Waals surface area contributed by atoms with Crippen LogP contribution in [0.3, 0.4) is 0 Å². The van der Waals surface area contributed by atoms with Crippen molar-refractivity contribution in [2.24, 2.45) is 0 Å². The Morgan fingerprint density at radius 3 is 1.24 bits per heavy atom. The molecule has 0 aliphatic carbocycles. The summed E-state index contributed by atoms with van der Waals surface area (Å²) in [6.45, 7) is 18.3. The maximum Gasteiger partial charge on any atom is -0.172 e. The average molecular weight is 644 g/mol. The van der Waals surface area contributed by atoms with E-state index in [9.17, 15) is 0 Å². The molecule has 0 aliphatic heterocycles. The molecule has 0 unspecified atom stereocenters. The van der Waals surface area contributed by atoms with Crippen LogP contribution in [-0.4, -0.2) is 5.43 Å². The van der Waals surface area contributed by atoms with E-state index in [1.807, 2.05) is 30.3 Å². The molecule has 42 heavy (non-hydrogen) atoms. The Balaban J connectivity index is 0.000000179. The molecule has 212 valence electrons. The van der Waals surface area contributed by atoms with Crippen molar-refractivity contribution in [2.75, 3.05) is 0 Å². The first-order valence-corrected chi connectivity index (χ1v) is 20.1. The van der Waals surface area contributed by atoms with Crippen molar-refractivity contribution in [1.82, 2.24) is 0 Å². The van der Waals surface area contributed by atoms with Gasteiger partial charge in [-0.2, -0.15) is 18.2 Å². The Bertz CT molecular complexity index is 1610. The number of fused-ring (bicyclic) bond motifs is 3. The molecule has 6 rings (SSSR count). The normalized spacial score (nSPS) is 11.5. The van der Waals surface area contributed by atoms with Gasteiger partial charge in [-0.15, -0.1) is 39.7 Å². The van der Waals surface area contributed by atoms with Crippen LogP contribution in [-0.2, 0) is 34.2 Å². The van der Waals surface area contributed by atoms with Crippen molar-refractivity contribution >= 4 is 37.4 Å². The van der Waals surface area contributed by atoms with Gasteiger partial charge in [0.2, 0.25) is 0 Å². The molecule has 0 spiro atoms. The van der Waals surface area contributed by atoms with E-state index in [1.54, 1.807) is 23.3 Å². The third-order valence-corrected chi connectivity index (χ3v) is 13.8. The summed E-state index contributed by atoms with van der Waals surface area (Å²) in [7, 11) is 0. The van der Waals surface area contributed by atoms with Gasteiger partial charge in [-0.25, -0.2) is 12.1 Å². The Kier molecular flexibility index (Phi) is 10.4. The van der Waals surface area contributed by atoms with Gasteiger partial charge in [0, 0.05) is 0 Å². The van der Waals surface area contributed by atoms with Crippen molar-refractivity contribution in [2.45, 2.75) is 66.2 Å². The van der Waals surface area contributed by atoms with E-state index < -0.39 is 5.43 Å². The number of aryl methyl sites for hydroxylation is 2. The average Bonchev–Trinajstić information content (AvgIpc) is 3.63. The van der Waals surface area contributed by atoms with Gasteiger partial charge in [0.15, 0.2) is 0 Å². The molecule has 6 aromatic carbocycles. The first-order chi connectivity index (χ1) is 19.9. The number of benzene rings is 4. The monoisotopic (exact) mass is 642 g/mol. The maximum absolute atomic E-state index is 2.43. The molecule has 0 aliphatic rings. The fourth-order valence-electron chi connectivity index (χ4n) is 5.65. The van der Waals surface area contributed by atoms with Crippen LogP contribution in [0.25, 0.3) is 21.5 Å². The van der Waals surface area contributed by atoms with E-state index in [0.717, 1.165) is 0 Å². The van der Waals surface area contributed by atoms with E-state index in [4.69, 9.17) is 0 Å². The molecule has 6 aromatic rings. The van der Waals surface area contributed by atoms with E-state index in [0.29, 0.717) is 0 Å². The molecule has 0 saturated carbocycles. The van der Waals surface area contributed by atoms with Crippen LogP contribution >= 0.6 is 0 Å². The molecule has 0 saturated heterocycles. The zero-order valence-electron chi connectivity index (χ0n) is 26.5.